The molecule has 0 aliphatic heterocycles. The maximum atomic E-state index is 5.55. The fourth-order valence-electron chi connectivity index (χ4n) is 1.63. The van der Waals surface area contributed by atoms with Gasteiger partial charge in [-0.2, -0.15) is 0 Å². The van der Waals surface area contributed by atoms with E-state index in [4.69, 9.17) is 4.74 Å². The van der Waals surface area contributed by atoms with Gasteiger partial charge in [0.05, 0.1) is 12.6 Å². The predicted molar refractivity (Wildman–Crippen MR) is 76.4 cm³/mol. The molecule has 4 heteroatoms. The Hall–Kier alpha value is -1.55. The van der Waals surface area contributed by atoms with Gasteiger partial charge in [-0.1, -0.05) is 6.92 Å². The lowest BCUT2D eigenvalue weighted by Gasteiger charge is -2.13. The van der Waals surface area contributed by atoms with Crippen molar-refractivity contribution in [1.82, 2.24) is 4.98 Å². The summed E-state index contributed by atoms with van der Waals surface area (Å²) in [6.45, 7) is 4.98. The van der Waals surface area contributed by atoms with Crippen LogP contribution in [0.1, 0.15) is 31.3 Å². The van der Waals surface area contributed by atoms with Crippen LogP contribution in [0.2, 0.25) is 0 Å². The van der Waals surface area contributed by atoms with E-state index in [1.165, 1.54) is 0 Å². The summed E-state index contributed by atoms with van der Waals surface area (Å²) in [6.07, 6.45) is 2.86. The van der Waals surface area contributed by atoms with E-state index in [2.05, 4.69) is 24.1 Å². The molecule has 0 saturated carbocycles. The molecule has 1 atom stereocenters. The molecular formula is C14H18N2OS. The minimum Gasteiger partial charge on any atom is -0.494 e. The van der Waals surface area contributed by atoms with E-state index in [-0.39, 0.29) is 6.04 Å². The summed E-state index contributed by atoms with van der Waals surface area (Å²) in [5, 5.41) is 6.51. The number of ether oxygens (including phenoxy) is 1. The molecule has 0 spiro atoms. The van der Waals surface area contributed by atoms with E-state index < -0.39 is 0 Å². The molecule has 2 aromatic rings. The zero-order valence-electron chi connectivity index (χ0n) is 10.7. The van der Waals surface area contributed by atoms with Crippen LogP contribution in [0, 0.1) is 0 Å². The van der Waals surface area contributed by atoms with Gasteiger partial charge in [0, 0.05) is 17.3 Å². The molecular weight excluding hydrogens is 244 g/mol. The highest BCUT2D eigenvalue weighted by Crippen LogP contribution is 2.22. The van der Waals surface area contributed by atoms with Crippen LogP contribution >= 0.6 is 11.3 Å². The van der Waals surface area contributed by atoms with Crippen LogP contribution in [-0.4, -0.2) is 11.6 Å². The second kappa shape index (κ2) is 6.40. The molecule has 0 saturated heterocycles. The molecule has 1 aromatic heterocycles. The molecule has 96 valence electrons. The first-order chi connectivity index (χ1) is 8.79. The van der Waals surface area contributed by atoms with E-state index >= 15 is 0 Å². The zero-order valence-corrected chi connectivity index (χ0v) is 11.5. The molecule has 1 heterocycles. The fourth-order valence-corrected chi connectivity index (χ4v) is 2.27. The van der Waals surface area contributed by atoms with Gasteiger partial charge in [0.2, 0.25) is 0 Å². The quantitative estimate of drug-likeness (QED) is 0.851. The summed E-state index contributed by atoms with van der Waals surface area (Å²) in [4.78, 5) is 4.30. The first-order valence-corrected chi connectivity index (χ1v) is 7.06. The van der Waals surface area contributed by atoms with Crippen molar-refractivity contribution in [3.8, 4) is 5.75 Å². The van der Waals surface area contributed by atoms with Crippen molar-refractivity contribution in [3.63, 3.8) is 0 Å². The third-order valence-electron chi connectivity index (χ3n) is 2.53. The number of nitrogens with zero attached hydrogens (tertiary/aromatic N) is 1. The third-order valence-corrected chi connectivity index (χ3v) is 3.49. The van der Waals surface area contributed by atoms with E-state index in [1.54, 1.807) is 11.3 Å². The number of thiazole rings is 1. The van der Waals surface area contributed by atoms with E-state index in [0.717, 1.165) is 29.5 Å². The number of anilines is 1. The molecule has 0 aliphatic carbocycles. The maximum absolute atomic E-state index is 5.55. The average molecular weight is 262 g/mol. The zero-order chi connectivity index (χ0) is 12.8. The standard InChI is InChI=1S/C14H18N2OS/c1-3-9-17-13-6-4-12(5-7-13)16-11(2)14-15-8-10-18-14/h4-8,10-11,16H,3,9H2,1-2H3. The van der Waals surface area contributed by atoms with E-state index in [0.29, 0.717) is 0 Å². The molecule has 0 radical (unpaired) electrons. The van der Waals surface area contributed by atoms with Crippen LogP contribution in [0.5, 0.6) is 5.75 Å². The van der Waals surface area contributed by atoms with Gasteiger partial charge in [-0.15, -0.1) is 11.3 Å². The molecule has 1 aromatic carbocycles. The number of hydrogen-bond acceptors (Lipinski definition) is 4. The number of hydrogen-bond donors (Lipinski definition) is 1. The van der Waals surface area contributed by atoms with Crippen LogP contribution in [0.15, 0.2) is 35.8 Å². The Kier molecular flexibility index (Phi) is 4.59. The molecule has 3 nitrogen and oxygen atoms in total. The van der Waals surface area contributed by atoms with Gasteiger partial charge in [0.15, 0.2) is 0 Å². The highest BCUT2D eigenvalue weighted by atomic mass is 32.1. The molecule has 2 rings (SSSR count). The van der Waals surface area contributed by atoms with Gasteiger partial charge in [0.1, 0.15) is 10.8 Å². The van der Waals surface area contributed by atoms with Crippen molar-refractivity contribution in [2.45, 2.75) is 26.3 Å². The highest BCUT2D eigenvalue weighted by molar-refractivity contribution is 7.09. The number of aromatic nitrogens is 1. The molecule has 0 aliphatic rings. The lowest BCUT2D eigenvalue weighted by Crippen LogP contribution is -2.05. The lowest BCUT2D eigenvalue weighted by atomic mass is 10.2. The number of benzene rings is 1. The van der Waals surface area contributed by atoms with Crippen LogP contribution in [0.3, 0.4) is 0 Å². The minimum absolute atomic E-state index is 0.229. The van der Waals surface area contributed by atoms with Crippen LogP contribution in [-0.2, 0) is 0 Å². The summed E-state index contributed by atoms with van der Waals surface area (Å²) in [5.41, 5.74) is 1.08. The Bertz CT molecular complexity index is 453. The van der Waals surface area contributed by atoms with Gasteiger partial charge < -0.3 is 10.1 Å². The molecule has 0 amide bonds. The summed E-state index contributed by atoms with van der Waals surface area (Å²) in [5.74, 6) is 0.921. The van der Waals surface area contributed by atoms with E-state index in [1.807, 2.05) is 35.8 Å². The normalized spacial score (nSPS) is 12.1. The van der Waals surface area contributed by atoms with Crippen molar-refractivity contribution in [3.05, 3.63) is 40.8 Å². The van der Waals surface area contributed by atoms with Gasteiger partial charge in [-0.25, -0.2) is 4.98 Å². The van der Waals surface area contributed by atoms with E-state index in [9.17, 15) is 0 Å². The largest absolute Gasteiger partial charge is 0.494 e. The van der Waals surface area contributed by atoms with Crippen molar-refractivity contribution in [2.24, 2.45) is 0 Å². The van der Waals surface area contributed by atoms with Gasteiger partial charge in [0.25, 0.3) is 0 Å². The Morgan fingerprint density at radius 1 is 1.33 bits per heavy atom. The number of nitrogens with one attached hydrogen (secondary N) is 1. The predicted octanol–water partition coefficient (Wildman–Crippen LogP) is 4.11. The first-order valence-electron chi connectivity index (χ1n) is 6.18. The third kappa shape index (κ3) is 3.47. The van der Waals surface area contributed by atoms with Crippen LogP contribution in [0.25, 0.3) is 0 Å². The summed E-state index contributed by atoms with van der Waals surface area (Å²) >= 11 is 1.67. The monoisotopic (exact) mass is 262 g/mol. The Morgan fingerprint density at radius 3 is 2.72 bits per heavy atom. The maximum Gasteiger partial charge on any atom is 0.119 e. The van der Waals surface area contributed by atoms with Gasteiger partial charge in [-0.05, 0) is 37.6 Å². The van der Waals surface area contributed by atoms with Gasteiger partial charge >= 0.3 is 0 Å². The topological polar surface area (TPSA) is 34.1 Å². The second-order valence-corrected chi connectivity index (χ2v) is 5.04. The average Bonchev–Trinajstić information content (AvgIpc) is 2.92. The Morgan fingerprint density at radius 2 is 2.11 bits per heavy atom. The number of rotatable bonds is 6. The fraction of sp³-hybridized carbons (Fsp3) is 0.357. The lowest BCUT2D eigenvalue weighted by molar-refractivity contribution is 0.317. The van der Waals surface area contributed by atoms with Crippen LogP contribution < -0.4 is 10.1 Å². The highest BCUT2D eigenvalue weighted by Gasteiger charge is 2.07. The van der Waals surface area contributed by atoms with Crippen LogP contribution in [0.4, 0.5) is 5.69 Å². The summed E-state index contributed by atoms with van der Waals surface area (Å²) in [7, 11) is 0. The van der Waals surface area contributed by atoms with Gasteiger partial charge in [-0.3, -0.25) is 0 Å². The van der Waals surface area contributed by atoms with Crippen molar-refractivity contribution >= 4 is 17.0 Å². The molecule has 18 heavy (non-hydrogen) atoms. The smallest absolute Gasteiger partial charge is 0.119 e. The molecule has 1 unspecified atom stereocenters. The first kappa shape index (κ1) is 12.9. The SMILES string of the molecule is CCCOc1ccc(NC(C)c2nccs2)cc1. The van der Waals surface area contributed by atoms with Crippen molar-refractivity contribution in [1.29, 1.82) is 0 Å². The van der Waals surface area contributed by atoms with Crippen molar-refractivity contribution < 1.29 is 4.74 Å². The summed E-state index contributed by atoms with van der Waals surface area (Å²) < 4.78 is 5.55. The molecule has 0 fully saturated rings. The second-order valence-electron chi connectivity index (χ2n) is 4.11. The summed E-state index contributed by atoms with van der Waals surface area (Å²) in [6, 6.07) is 8.29. The Balaban J connectivity index is 1.93. The Labute approximate surface area is 112 Å². The minimum atomic E-state index is 0.229. The molecule has 1 N–H and O–H groups in total. The van der Waals surface area contributed by atoms with Crippen molar-refractivity contribution in [2.75, 3.05) is 11.9 Å². The molecule has 0 bridgehead atoms.